The highest BCUT2D eigenvalue weighted by atomic mass is 16.6. The highest BCUT2D eigenvalue weighted by Gasteiger charge is 2.23. The topological polar surface area (TPSA) is 57.7 Å². The minimum absolute atomic E-state index is 0.400. The van der Waals surface area contributed by atoms with Crippen molar-refractivity contribution in [2.24, 2.45) is 0 Å². The van der Waals surface area contributed by atoms with Crippen LogP contribution in [0.25, 0.3) is 0 Å². The Labute approximate surface area is 152 Å². The Hall–Kier alpha value is -3.34. The van der Waals surface area contributed by atoms with Gasteiger partial charge in [0.05, 0.1) is 7.11 Å². The fourth-order valence-corrected chi connectivity index (χ4v) is 2.42. The van der Waals surface area contributed by atoms with Crippen LogP contribution in [0.2, 0.25) is 0 Å². The predicted octanol–water partition coefficient (Wildman–Crippen LogP) is 3.95. The fourth-order valence-electron chi connectivity index (χ4n) is 2.42. The maximum absolute atomic E-state index is 12.1. The largest absolute Gasteiger partial charge is 0.489 e. The zero-order valence-electron chi connectivity index (χ0n) is 14.4. The first kappa shape index (κ1) is 17.5. The van der Waals surface area contributed by atoms with Crippen molar-refractivity contribution in [3.05, 3.63) is 90.3 Å². The van der Waals surface area contributed by atoms with E-state index in [-0.39, 0.29) is 0 Å². The third kappa shape index (κ3) is 4.60. The SMILES string of the molecule is COC(=O)C(Oc1cccc(COc2ccccc2)c1)c1cccnc1. The normalized spacial score (nSPS) is 11.4. The van der Waals surface area contributed by atoms with Crippen molar-refractivity contribution in [2.45, 2.75) is 12.7 Å². The van der Waals surface area contributed by atoms with Gasteiger partial charge < -0.3 is 14.2 Å². The van der Waals surface area contributed by atoms with Crippen LogP contribution in [0.1, 0.15) is 17.2 Å². The smallest absolute Gasteiger partial charge is 0.351 e. The number of aromatic nitrogens is 1. The van der Waals surface area contributed by atoms with Crippen molar-refractivity contribution < 1.29 is 19.0 Å². The number of carbonyl (C=O) groups is 1. The number of carbonyl (C=O) groups excluding carboxylic acids is 1. The summed E-state index contributed by atoms with van der Waals surface area (Å²) >= 11 is 0. The third-order valence-electron chi connectivity index (χ3n) is 3.70. The zero-order chi connectivity index (χ0) is 18.2. The highest BCUT2D eigenvalue weighted by Crippen LogP contribution is 2.24. The van der Waals surface area contributed by atoms with Gasteiger partial charge in [0.25, 0.3) is 0 Å². The standard InChI is InChI=1S/C21H19NO4/c1-24-21(23)20(17-8-6-12-22-14-17)26-19-11-5-7-16(13-19)15-25-18-9-3-2-4-10-18/h2-14,20H,15H2,1H3. The minimum Gasteiger partial charge on any atom is -0.489 e. The number of hydrogen-bond acceptors (Lipinski definition) is 5. The van der Waals surface area contributed by atoms with E-state index in [1.54, 1.807) is 30.6 Å². The summed E-state index contributed by atoms with van der Waals surface area (Å²) in [7, 11) is 1.33. The van der Waals surface area contributed by atoms with Gasteiger partial charge in [-0.05, 0) is 35.9 Å². The summed E-state index contributed by atoms with van der Waals surface area (Å²) < 4.78 is 16.5. The molecule has 2 aromatic carbocycles. The Kier molecular flexibility index (Phi) is 5.83. The Bertz CT molecular complexity index is 837. The lowest BCUT2D eigenvalue weighted by Crippen LogP contribution is -2.20. The van der Waals surface area contributed by atoms with E-state index in [1.165, 1.54) is 7.11 Å². The average Bonchev–Trinajstić information content (AvgIpc) is 2.72. The first-order chi connectivity index (χ1) is 12.8. The minimum atomic E-state index is -0.876. The van der Waals surface area contributed by atoms with Crippen molar-refractivity contribution in [1.82, 2.24) is 4.98 Å². The van der Waals surface area contributed by atoms with Crippen LogP contribution < -0.4 is 9.47 Å². The molecule has 0 radical (unpaired) electrons. The van der Waals surface area contributed by atoms with Crippen molar-refractivity contribution in [3.63, 3.8) is 0 Å². The van der Waals surface area contributed by atoms with E-state index in [0.29, 0.717) is 17.9 Å². The first-order valence-corrected chi connectivity index (χ1v) is 8.17. The molecule has 26 heavy (non-hydrogen) atoms. The van der Waals surface area contributed by atoms with Crippen LogP contribution in [0.3, 0.4) is 0 Å². The van der Waals surface area contributed by atoms with Gasteiger partial charge in [-0.25, -0.2) is 4.79 Å². The van der Waals surface area contributed by atoms with Gasteiger partial charge in [-0.3, -0.25) is 4.98 Å². The van der Waals surface area contributed by atoms with Gasteiger partial charge >= 0.3 is 5.97 Å². The lowest BCUT2D eigenvalue weighted by molar-refractivity contribution is -0.149. The molecule has 0 spiro atoms. The summed E-state index contributed by atoms with van der Waals surface area (Å²) in [5, 5.41) is 0. The number of rotatable bonds is 7. The molecule has 0 saturated carbocycles. The van der Waals surface area contributed by atoms with Crippen LogP contribution in [0, 0.1) is 0 Å². The molecule has 5 heteroatoms. The van der Waals surface area contributed by atoms with Gasteiger partial charge in [-0.2, -0.15) is 0 Å². The summed E-state index contributed by atoms with van der Waals surface area (Å²) in [5.41, 5.74) is 1.56. The molecular weight excluding hydrogens is 330 g/mol. The lowest BCUT2D eigenvalue weighted by Gasteiger charge is -2.17. The number of methoxy groups -OCH3 is 1. The lowest BCUT2D eigenvalue weighted by atomic mass is 10.1. The Morgan fingerprint density at radius 1 is 1.00 bits per heavy atom. The van der Waals surface area contributed by atoms with Crippen LogP contribution in [0.5, 0.6) is 11.5 Å². The molecule has 3 rings (SSSR count). The van der Waals surface area contributed by atoms with Crippen molar-refractivity contribution in [1.29, 1.82) is 0 Å². The monoisotopic (exact) mass is 349 g/mol. The van der Waals surface area contributed by atoms with E-state index in [2.05, 4.69) is 4.98 Å². The number of esters is 1. The number of hydrogen-bond donors (Lipinski definition) is 0. The molecule has 1 heterocycles. The Balaban J connectivity index is 1.73. The predicted molar refractivity (Wildman–Crippen MR) is 96.8 cm³/mol. The molecule has 5 nitrogen and oxygen atoms in total. The van der Waals surface area contributed by atoms with Gasteiger partial charge in [0.15, 0.2) is 0 Å². The average molecular weight is 349 g/mol. The Morgan fingerprint density at radius 2 is 1.81 bits per heavy atom. The van der Waals surface area contributed by atoms with Gasteiger partial charge in [0.2, 0.25) is 6.10 Å². The van der Waals surface area contributed by atoms with Crippen molar-refractivity contribution in [3.8, 4) is 11.5 Å². The zero-order valence-corrected chi connectivity index (χ0v) is 14.4. The molecule has 0 aliphatic rings. The van der Waals surface area contributed by atoms with Crippen LogP contribution in [-0.4, -0.2) is 18.1 Å². The molecule has 132 valence electrons. The third-order valence-corrected chi connectivity index (χ3v) is 3.70. The molecule has 0 aliphatic heterocycles. The van der Waals surface area contributed by atoms with Gasteiger partial charge in [0, 0.05) is 18.0 Å². The summed E-state index contributed by atoms with van der Waals surface area (Å²) in [6.45, 7) is 0.400. The van der Waals surface area contributed by atoms with E-state index in [0.717, 1.165) is 11.3 Å². The van der Waals surface area contributed by atoms with Gasteiger partial charge in [-0.15, -0.1) is 0 Å². The molecule has 0 aliphatic carbocycles. The van der Waals surface area contributed by atoms with E-state index in [1.807, 2.05) is 48.5 Å². The second kappa shape index (κ2) is 8.67. The van der Waals surface area contributed by atoms with E-state index >= 15 is 0 Å². The fraction of sp³-hybridized carbons (Fsp3) is 0.143. The van der Waals surface area contributed by atoms with E-state index in [4.69, 9.17) is 14.2 Å². The van der Waals surface area contributed by atoms with Crippen LogP contribution in [0.15, 0.2) is 79.1 Å². The summed E-state index contributed by atoms with van der Waals surface area (Å²) in [4.78, 5) is 16.1. The number of benzene rings is 2. The molecular formula is C21H19NO4. The van der Waals surface area contributed by atoms with Crippen molar-refractivity contribution >= 4 is 5.97 Å². The maximum Gasteiger partial charge on any atom is 0.351 e. The van der Waals surface area contributed by atoms with E-state index in [9.17, 15) is 4.79 Å². The molecule has 3 aromatic rings. The summed E-state index contributed by atoms with van der Waals surface area (Å²) in [6.07, 6.45) is 2.35. The maximum atomic E-state index is 12.1. The van der Waals surface area contributed by atoms with Crippen molar-refractivity contribution in [2.75, 3.05) is 7.11 Å². The highest BCUT2D eigenvalue weighted by molar-refractivity contribution is 5.76. The molecule has 0 bridgehead atoms. The molecule has 0 N–H and O–H groups in total. The van der Waals surface area contributed by atoms with Crippen LogP contribution >= 0.6 is 0 Å². The second-order valence-corrected chi connectivity index (χ2v) is 5.56. The number of nitrogens with zero attached hydrogens (tertiary/aromatic N) is 1. The first-order valence-electron chi connectivity index (χ1n) is 8.17. The summed E-state index contributed by atoms with van der Waals surface area (Å²) in [5.74, 6) is 0.865. The second-order valence-electron chi connectivity index (χ2n) is 5.56. The van der Waals surface area contributed by atoms with Gasteiger partial charge in [-0.1, -0.05) is 36.4 Å². The molecule has 0 amide bonds. The molecule has 0 saturated heterocycles. The molecule has 1 aromatic heterocycles. The van der Waals surface area contributed by atoms with Gasteiger partial charge in [0.1, 0.15) is 18.1 Å². The number of pyridine rings is 1. The number of para-hydroxylation sites is 1. The van der Waals surface area contributed by atoms with Crippen LogP contribution in [0.4, 0.5) is 0 Å². The number of ether oxygens (including phenoxy) is 3. The molecule has 0 fully saturated rings. The molecule has 1 unspecified atom stereocenters. The quantitative estimate of drug-likeness (QED) is 0.605. The van der Waals surface area contributed by atoms with E-state index < -0.39 is 12.1 Å². The Morgan fingerprint density at radius 3 is 2.54 bits per heavy atom. The van der Waals surface area contributed by atoms with Crippen LogP contribution in [-0.2, 0) is 16.1 Å². The summed E-state index contributed by atoms with van der Waals surface area (Å²) in [6, 6.07) is 20.5. The molecule has 1 atom stereocenters.